The molecule has 0 bridgehead atoms. The Morgan fingerprint density at radius 3 is 1.28 bits per heavy atom. The highest BCUT2D eigenvalue weighted by Crippen LogP contribution is 2.15. The summed E-state index contributed by atoms with van der Waals surface area (Å²) >= 11 is 6.29. The molecule has 3 heteroatoms. The van der Waals surface area contributed by atoms with Gasteiger partial charge in [0.2, 0.25) is 0 Å². The van der Waals surface area contributed by atoms with Crippen LogP contribution in [0.25, 0.3) is 0 Å². The zero-order valence-corrected chi connectivity index (χ0v) is 20.8. The SMILES string of the molecule is CCCCCCCCCCCCCCCCCCCCCCN1CC[N+](C)=C1Cl. The van der Waals surface area contributed by atoms with Gasteiger partial charge in [0.05, 0.1) is 13.6 Å². The molecular formula is C26H52ClN2+. The van der Waals surface area contributed by atoms with Crippen molar-refractivity contribution in [3.8, 4) is 0 Å². The molecule has 0 saturated heterocycles. The Kier molecular flexibility index (Phi) is 18.2. The lowest BCUT2D eigenvalue weighted by molar-refractivity contribution is -0.484. The van der Waals surface area contributed by atoms with E-state index in [2.05, 4.69) is 23.4 Å². The predicted octanol–water partition coefficient (Wildman–Crippen LogP) is 8.36. The summed E-state index contributed by atoms with van der Waals surface area (Å²) in [6.07, 6.45) is 28.9. The van der Waals surface area contributed by atoms with E-state index in [-0.39, 0.29) is 0 Å². The van der Waals surface area contributed by atoms with Crippen LogP contribution in [0.3, 0.4) is 0 Å². The topological polar surface area (TPSA) is 6.25 Å². The summed E-state index contributed by atoms with van der Waals surface area (Å²) < 4.78 is 2.15. The first-order valence-corrected chi connectivity index (χ1v) is 13.6. The molecule has 2 nitrogen and oxygen atoms in total. The van der Waals surface area contributed by atoms with Crippen LogP contribution in [-0.2, 0) is 0 Å². The maximum absolute atomic E-state index is 6.29. The van der Waals surface area contributed by atoms with Gasteiger partial charge in [0, 0.05) is 11.6 Å². The van der Waals surface area contributed by atoms with E-state index in [9.17, 15) is 0 Å². The zero-order valence-electron chi connectivity index (χ0n) is 20.0. The monoisotopic (exact) mass is 427 g/mol. The molecule has 0 N–H and O–H groups in total. The van der Waals surface area contributed by atoms with Crippen LogP contribution in [0, 0.1) is 0 Å². The molecule has 172 valence electrons. The molecule has 29 heavy (non-hydrogen) atoms. The van der Waals surface area contributed by atoms with Gasteiger partial charge in [-0.2, -0.15) is 0 Å². The molecule has 0 aromatic heterocycles. The minimum Gasteiger partial charge on any atom is -0.250 e. The van der Waals surface area contributed by atoms with Gasteiger partial charge in [-0.1, -0.05) is 122 Å². The third-order valence-electron chi connectivity index (χ3n) is 6.56. The molecule has 0 spiro atoms. The number of hydrogen-bond donors (Lipinski definition) is 0. The minimum atomic E-state index is 0.947. The van der Waals surface area contributed by atoms with Crippen molar-refractivity contribution in [2.75, 3.05) is 26.7 Å². The van der Waals surface area contributed by atoms with Gasteiger partial charge in [-0.05, 0) is 12.8 Å². The van der Waals surface area contributed by atoms with Gasteiger partial charge in [0.15, 0.2) is 0 Å². The molecule has 1 aliphatic rings. The van der Waals surface area contributed by atoms with Crippen molar-refractivity contribution in [1.82, 2.24) is 4.90 Å². The number of rotatable bonds is 21. The molecule has 1 rings (SSSR count). The lowest BCUT2D eigenvalue weighted by Crippen LogP contribution is -2.26. The first-order chi connectivity index (χ1) is 14.3. The minimum absolute atomic E-state index is 0.947. The van der Waals surface area contributed by atoms with E-state index < -0.39 is 0 Å². The number of likely N-dealkylation sites (N-methyl/N-ethyl adjacent to an activating group) is 1. The fraction of sp³-hybridized carbons (Fsp3) is 0.962. The summed E-state index contributed by atoms with van der Waals surface area (Å²) in [5.74, 6) is 0. The Balaban J connectivity index is 1.68. The van der Waals surface area contributed by atoms with Gasteiger partial charge >= 0.3 is 5.29 Å². The lowest BCUT2D eigenvalue weighted by atomic mass is 10.0. The first-order valence-electron chi connectivity index (χ1n) is 13.2. The average Bonchev–Trinajstić information content (AvgIpc) is 3.04. The molecule has 0 saturated carbocycles. The Morgan fingerprint density at radius 2 is 0.966 bits per heavy atom. The largest absolute Gasteiger partial charge is 0.345 e. The molecule has 0 fully saturated rings. The molecule has 0 aliphatic carbocycles. The molecule has 0 aromatic carbocycles. The van der Waals surface area contributed by atoms with Crippen molar-refractivity contribution in [2.45, 2.75) is 135 Å². The van der Waals surface area contributed by atoms with E-state index in [1.165, 1.54) is 128 Å². The third-order valence-corrected chi connectivity index (χ3v) is 7.09. The highest BCUT2D eigenvalue weighted by atomic mass is 35.5. The Labute approximate surface area is 188 Å². The second-order valence-corrected chi connectivity index (χ2v) is 9.73. The molecule has 0 atom stereocenters. The van der Waals surface area contributed by atoms with E-state index in [0.29, 0.717) is 0 Å². The molecule has 0 amide bonds. The predicted molar refractivity (Wildman–Crippen MR) is 131 cm³/mol. The second kappa shape index (κ2) is 19.7. The van der Waals surface area contributed by atoms with Crippen molar-refractivity contribution in [3.05, 3.63) is 0 Å². The van der Waals surface area contributed by atoms with Crippen LogP contribution in [0.4, 0.5) is 0 Å². The molecule has 1 aliphatic heterocycles. The Bertz CT molecular complexity index is 394. The van der Waals surface area contributed by atoms with Crippen molar-refractivity contribution < 1.29 is 4.58 Å². The van der Waals surface area contributed by atoms with Crippen molar-refractivity contribution in [1.29, 1.82) is 0 Å². The van der Waals surface area contributed by atoms with Gasteiger partial charge < -0.3 is 0 Å². The molecule has 0 radical (unpaired) electrons. The number of nitrogens with zero attached hydrogens (tertiary/aromatic N) is 2. The van der Waals surface area contributed by atoms with Crippen molar-refractivity contribution >= 4 is 16.9 Å². The third kappa shape index (κ3) is 15.2. The summed E-state index contributed by atoms with van der Waals surface area (Å²) in [7, 11) is 2.08. The smallest absolute Gasteiger partial charge is 0.250 e. The summed E-state index contributed by atoms with van der Waals surface area (Å²) in [4.78, 5) is 2.33. The maximum Gasteiger partial charge on any atom is 0.345 e. The maximum atomic E-state index is 6.29. The fourth-order valence-corrected chi connectivity index (χ4v) is 4.71. The van der Waals surface area contributed by atoms with Gasteiger partial charge in [0.25, 0.3) is 0 Å². The van der Waals surface area contributed by atoms with Crippen LogP contribution in [0.15, 0.2) is 0 Å². The molecule has 1 heterocycles. The van der Waals surface area contributed by atoms with Crippen LogP contribution in [-0.4, -0.2) is 41.5 Å². The number of amidine groups is 1. The molecule has 0 unspecified atom stereocenters. The van der Waals surface area contributed by atoms with Crippen LogP contribution >= 0.6 is 11.6 Å². The highest BCUT2D eigenvalue weighted by molar-refractivity contribution is 6.63. The normalized spacial score (nSPS) is 14.4. The highest BCUT2D eigenvalue weighted by Gasteiger charge is 2.25. The van der Waals surface area contributed by atoms with Crippen LogP contribution in [0.5, 0.6) is 0 Å². The molecule has 0 aromatic rings. The van der Waals surface area contributed by atoms with E-state index in [0.717, 1.165) is 24.9 Å². The van der Waals surface area contributed by atoms with Crippen molar-refractivity contribution in [2.24, 2.45) is 0 Å². The summed E-state index contributed by atoms with van der Waals surface area (Å²) in [5, 5.41) is 0.947. The average molecular weight is 428 g/mol. The first kappa shape index (κ1) is 26.8. The Morgan fingerprint density at radius 1 is 0.621 bits per heavy atom. The summed E-state index contributed by atoms with van der Waals surface area (Å²) in [5.41, 5.74) is 0. The number of unbranched alkanes of at least 4 members (excludes halogenated alkanes) is 19. The van der Waals surface area contributed by atoms with E-state index >= 15 is 0 Å². The van der Waals surface area contributed by atoms with Gasteiger partial charge in [-0.25, -0.2) is 4.90 Å². The Hall–Kier alpha value is -0.240. The van der Waals surface area contributed by atoms with Crippen LogP contribution in [0.2, 0.25) is 0 Å². The lowest BCUT2D eigenvalue weighted by Gasteiger charge is -2.08. The number of hydrogen-bond acceptors (Lipinski definition) is 1. The van der Waals surface area contributed by atoms with Gasteiger partial charge in [0.1, 0.15) is 13.1 Å². The van der Waals surface area contributed by atoms with Crippen LogP contribution in [0.1, 0.15) is 135 Å². The quantitative estimate of drug-likeness (QED) is 0.101. The van der Waals surface area contributed by atoms with Gasteiger partial charge in [-0.3, -0.25) is 4.58 Å². The standard InChI is InChI=1S/C26H52ClN2/c1-3-4-5-6-7-8-9-10-11-12-13-14-15-16-17-18-19-20-21-22-23-29-25-24-28(2)26(29)27/h3-25H2,1-2H3/q+1. The molecular weight excluding hydrogens is 376 g/mol. The van der Waals surface area contributed by atoms with E-state index in [4.69, 9.17) is 11.6 Å². The van der Waals surface area contributed by atoms with Crippen molar-refractivity contribution in [3.63, 3.8) is 0 Å². The summed E-state index contributed by atoms with van der Waals surface area (Å²) in [6, 6.07) is 0. The fourth-order valence-electron chi connectivity index (χ4n) is 4.46. The number of halogens is 1. The zero-order chi connectivity index (χ0) is 21.0. The van der Waals surface area contributed by atoms with E-state index in [1.807, 2.05) is 0 Å². The summed E-state index contributed by atoms with van der Waals surface area (Å²) in [6.45, 7) is 5.63. The van der Waals surface area contributed by atoms with Crippen LogP contribution < -0.4 is 0 Å². The van der Waals surface area contributed by atoms with E-state index in [1.54, 1.807) is 0 Å². The van der Waals surface area contributed by atoms with Gasteiger partial charge in [-0.15, -0.1) is 0 Å². The second-order valence-electron chi connectivity index (χ2n) is 9.40.